The molecule has 9 heteroatoms. The number of anilines is 1. The number of methoxy groups -OCH3 is 1. The van der Waals surface area contributed by atoms with Gasteiger partial charge in [-0.05, 0) is 48.5 Å². The van der Waals surface area contributed by atoms with Gasteiger partial charge in [0.1, 0.15) is 11.5 Å². The molecule has 0 saturated carbocycles. The molecule has 0 N–H and O–H groups in total. The van der Waals surface area contributed by atoms with E-state index < -0.39 is 4.92 Å². The Balaban J connectivity index is 1.40. The Kier molecular flexibility index (Phi) is 6.65. The van der Waals surface area contributed by atoms with Crippen molar-refractivity contribution in [3.05, 3.63) is 87.4 Å². The third kappa shape index (κ3) is 5.01. The number of piperazine rings is 1. The molecule has 0 radical (unpaired) electrons. The number of nitrogens with zero attached hydrogens (tertiary/aromatic N) is 3. The average molecular weight is 468 g/mol. The van der Waals surface area contributed by atoms with Crippen molar-refractivity contribution in [1.82, 2.24) is 4.90 Å². The number of hydrogen-bond donors (Lipinski definition) is 0. The van der Waals surface area contributed by atoms with Gasteiger partial charge in [0.25, 0.3) is 5.91 Å². The van der Waals surface area contributed by atoms with Crippen LogP contribution in [0.25, 0.3) is 0 Å². The van der Waals surface area contributed by atoms with Crippen molar-refractivity contribution in [3.8, 4) is 17.2 Å². The van der Waals surface area contributed by atoms with Crippen molar-refractivity contribution in [2.45, 2.75) is 0 Å². The summed E-state index contributed by atoms with van der Waals surface area (Å²) in [5.74, 6) is 1.21. The first-order valence-electron chi connectivity index (χ1n) is 10.4. The molecule has 0 unspecified atom stereocenters. The van der Waals surface area contributed by atoms with Crippen LogP contribution >= 0.6 is 11.6 Å². The number of para-hydroxylation sites is 2. The summed E-state index contributed by atoms with van der Waals surface area (Å²) in [7, 11) is 1.65. The van der Waals surface area contributed by atoms with Crippen LogP contribution in [0.15, 0.2) is 66.7 Å². The number of benzene rings is 3. The van der Waals surface area contributed by atoms with Gasteiger partial charge >= 0.3 is 5.69 Å². The zero-order valence-corrected chi connectivity index (χ0v) is 18.7. The van der Waals surface area contributed by atoms with Crippen LogP contribution < -0.4 is 14.4 Å². The maximum absolute atomic E-state index is 13.0. The number of nitro groups is 1. The molecule has 4 rings (SSSR count). The van der Waals surface area contributed by atoms with Crippen molar-refractivity contribution in [2.75, 3.05) is 38.2 Å². The summed E-state index contributed by atoms with van der Waals surface area (Å²) in [5.41, 5.74) is 1.32. The molecule has 1 fully saturated rings. The van der Waals surface area contributed by atoms with Gasteiger partial charge in [-0.3, -0.25) is 14.9 Å². The van der Waals surface area contributed by atoms with Gasteiger partial charge in [0.05, 0.1) is 17.7 Å². The number of carbonyl (C=O) groups excluding carboxylic acids is 1. The fourth-order valence-corrected chi connectivity index (χ4v) is 3.90. The van der Waals surface area contributed by atoms with Crippen LogP contribution in [0, 0.1) is 10.1 Å². The van der Waals surface area contributed by atoms with E-state index in [2.05, 4.69) is 4.90 Å². The predicted molar refractivity (Wildman–Crippen MR) is 126 cm³/mol. The van der Waals surface area contributed by atoms with Gasteiger partial charge in [0.15, 0.2) is 0 Å². The van der Waals surface area contributed by atoms with Crippen LogP contribution in [0.2, 0.25) is 5.02 Å². The van der Waals surface area contributed by atoms with Crippen LogP contribution in [0.1, 0.15) is 10.4 Å². The van der Waals surface area contributed by atoms with Crippen molar-refractivity contribution in [3.63, 3.8) is 0 Å². The van der Waals surface area contributed by atoms with Crippen molar-refractivity contribution in [1.29, 1.82) is 0 Å². The SMILES string of the molecule is COc1ccccc1N1CCN(C(=O)c2ccc(Oc3ccc(Cl)cc3[N+](=O)[O-])cc2)CC1. The van der Waals surface area contributed by atoms with E-state index in [-0.39, 0.29) is 22.4 Å². The van der Waals surface area contributed by atoms with Gasteiger partial charge in [-0.25, -0.2) is 0 Å². The molecule has 0 spiro atoms. The topological polar surface area (TPSA) is 85.2 Å². The largest absolute Gasteiger partial charge is 0.495 e. The van der Waals surface area contributed by atoms with Gasteiger partial charge in [-0.1, -0.05) is 23.7 Å². The van der Waals surface area contributed by atoms with Gasteiger partial charge in [-0.15, -0.1) is 0 Å². The summed E-state index contributed by atoms with van der Waals surface area (Å²) in [6.07, 6.45) is 0. The molecule has 0 bridgehead atoms. The molecule has 1 amide bonds. The molecule has 1 saturated heterocycles. The first kappa shape index (κ1) is 22.4. The Bertz CT molecular complexity index is 1160. The second-order valence-corrected chi connectivity index (χ2v) is 7.88. The second-order valence-electron chi connectivity index (χ2n) is 7.45. The highest BCUT2D eigenvalue weighted by atomic mass is 35.5. The molecular formula is C24H22ClN3O5. The minimum Gasteiger partial charge on any atom is -0.495 e. The number of hydrogen-bond acceptors (Lipinski definition) is 6. The smallest absolute Gasteiger partial charge is 0.313 e. The summed E-state index contributed by atoms with van der Waals surface area (Å²) in [5, 5.41) is 11.5. The van der Waals surface area contributed by atoms with Crippen LogP contribution in [0.3, 0.4) is 0 Å². The summed E-state index contributed by atoms with van der Waals surface area (Å²) >= 11 is 5.84. The highest BCUT2D eigenvalue weighted by Gasteiger charge is 2.24. The molecule has 8 nitrogen and oxygen atoms in total. The number of nitro benzene ring substituents is 1. The van der Waals surface area contributed by atoms with Crippen LogP contribution in [-0.4, -0.2) is 49.0 Å². The molecule has 0 atom stereocenters. The summed E-state index contributed by atoms with van der Waals surface area (Å²) in [4.78, 5) is 27.7. The fraction of sp³-hybridized carbons (Fsp3) is 0.208. The molecular weight excluding hydrogens is 446 g/mol. The highest BCUT2D eigenvalue weighted by Crippen LogP contribution is 2.34. The van der Waals surface area contributed by atoms with Gasteiger partial charge < -0.3 is 19.3 Å². The lowest BCUT2D eigenvalue weighted by Gasteiger charge is -2.36. The number of carbonyl (C=O) groups is 1. The summed E-state index contributed by atoms with van der Waals surface area (Å²) in [6.45, 7) is 2.58. The van der Waals surface area contributed by atoms with Crippen molar-refractivity contribution < 1.29 is 19.2 Å². The summed E-state index contributed by atoms with van der Waals surface area (Å²) in [6, 6.07) is 18.6. The molecule has 0 aliphatic carbocycles. The first-order chi connectivity index (χ1) is 16.0. The van der Waals surface area contributed by atoms with E-state index >= 15 is 0 Å². The summed E-state index contributed by atoms with van der Waals surface area (Å²) < 4.78 is 11.1. The van der Waals surface area contributed by atoms with Gasteiger partial charge in [0.2, 0.25) is 5.75 Å². The first-order valence-corrected chi connectivity index (χ1v) is 10.7. The molecule has 1 aliphatic rings. The number of rotatable bonds is 6. The lowest BCUT2D eigenvalue weighted by Crippen LogP contribution is -2.48. The normalized spacial score (nSPS) is 13.5. The van der Waals surface area contributed by atoms with E-state index in [1.54, 1.807) is 31.4 Å². The minimum atomic E-state index is -0.552. The average Bonchev–Trinajstić information content (AvgIpc) is 2.85. The molecule has 33 heavy (non-hydrogen) atoms. The highest BCUT2D eigenvalue weighted by molar-refractivity contribution is 6.30. The maximum Gasteiger partial charge on any atom is 0.313 e. The fourth-order valence-electron chi connectivity index (χ4n) is 3.74. The van der Waals surface area contributed by atoms with Crippen molar-refractivity contribution in [2.24, 2.45) is 0 Å². The van der Waals surface area contributed by atoms with E-state index in [9.17, 15) is 14.9 Å². The van der Waals surface area contributed by atoms with Crippen LogP contribution in [-0.2, 0) is 0 Å². The molecule has 170 valence electrons. The molecule has 1 aliphatic heterocycles. The lowest BCUT2D eigenvalue weighted by atomic mass is 10.1. The predicted octanol–water partition coefficient (Wildman–Crippen LogP) is 5.01. The molecule has 3 aromatic rings. The molecule has 0 aromatic heterocycles. The third-order valence-corrected chi connectivity index (χ3v) is 5.67. The van der Waals surface area contributed by atoms with E-state index in [1.165, 1.54) is 18.2 Å². The third-order valence-electron chi connectivity index (χ3n) is 5.44. The van der Waals surface area contributed by atoms with Crippen LogP contribution in [0.4, 0.5) is 11.4 Å². The minimum absolute atomic E-state index is 0.0706. The second kappa shape index (κ2) is 9.79. The van der Waals surface area contributed by atoms with Crippen LogP contribution in [0.5, 0.6) is 17.2 Å². The van der Waals surface area contributed by atoms with Gasteiger partial charge in [0, 0.05) is 42.8 Å². The van der Waals surface area contributed by atoms with E-state index in [0.717, 1.165) is 11.4 Å². The monoisotopic (exact) mass is 467 g/mol. The number of amides is 1. The molecule has 3 aromatic carbocycles. The van der Waals surface area contributed by atoms with E-state index in [1.807, 2.05) is 29.2 Å². The Morgan fingerprint density at radius 3 is 2.33 bits per heavy atom. The number of ether oxygens (including phenoxy) is 2. The quantitative estimate of drug-likeness (QED) is 0.374. The Labute approximate surface area is 196 Å². The zero-order valence-electron chi connectivity index (χ0n) is 17.9. The zero-order chi connectivity index (χ0) is 23.4. The lowest BCUT2D eigenvalue weighted by molar-refractivity contribution is -0.385. The van der Waals surface area contributed by atoms with Crippen molar-refractivity contribution >= 4 is 28.9 Å². The Morgan fingerprint density at radius 1 is 0.970 bits per heavy atom. The number of halogens is 1. The Morgan fingerprint density at radius 2 is 1.67 bits per heavy atom. The maximum atomic E-state index is 13.0. The van der Waals surface area contributed by atoms with E-state index in [4.69, 9.17) is 21.1 Å². The Hall–Kier alpha value is -3.78. The van der Waals surface area contributed by atoms with Gasteiger partial charge in [-0.2, -0.15) is 0 Å². The standard InChI is InChI=1S/C24H22ClN3O5/c1-32-22-5-3-2-4-20(22)26-12-14-27(15-13-26)24(29)17-6-9-19(10-7-17)33-23-11-8-18(25)16-21(23)28(30)31/h2-11,16H,12-15H2,1H3. The van der Waals surface area contributed by atoms with E-state index in [0.29, 0.717) is 37.5 Å². The molecule has 1 heterocycles.